The van der Waals surface area contributed by atoms with Crippen LogP contribution in [0.1, 0.15) is 42.0 Å². The highest BCUT2D eigenvalue weighted by molar-refractivity contribution is 5.76. The molecule has 3 rings (SSSR count). The second-order valence-corrected chi connectivity index (χ2v) is 5.96. The Morgan fingerprint density at radius 3 is 2.78 bits per heavy atom. The molecule has 1 amide bonds. The summed E-state index contributed by atoms with van der Waals surface area (Å²) in [4.78, 5) is 12.2. The molecule has 0 bridgehead atoms. The second kappa shape index (κ2) is 6.90. The summed E-state index contributed by atoms with van der Waals surface area (Å²) in [6, 6.07) is 12.0. The molecule has 120 valence electrons. The predicted molar refractivity (Wildman–Crippen MR) is 84.9 cm³/mol. The van der Waals surface area contributed by atoms with Crippen LogP contribution in [0.3, 0.4) is 0 Å². The summed E-state index contributed by atoms with van der Waals surface area (Å²) >= 11 is 0. The normalized spacial score (nSPS) is 16.7. The second-order valence-electron chi connectivity index (χ2n) is 5.96. The first-order chi connectivity index (χ1) is 11.1. The molecular weight excluding hydrogens is 296 g/mol. The maximum atomic E-state index is 13.2. The van der Waals surface area contributed by atoms with Crippen molar-refractivity contribution in [2.24, 2.45) is 0 Å². The van der Waals surface area contributed by atoms with Gasteiger partial charge in [-0.05, 0) is 54.5 Å². The van der Waals surface area contributed by atoms with Crippen LogP contribution in [-0.4, -0.2) is 5.91 Å². The average Bonchev–Trinajstić information content (AvgIpc) is 2.56. The molecule has 1 atom stereocenters. The average molecular weight is 315 g/mol. The molecule has 0 fully saturated rings. The van der Waals surface area contributed by atoms with Crippen molar-refractivity contribution >= 4 is 5.91 Å². The smallest absolute Gasteiger partial charge is 0.220 e. The minimum Gasteiger partial charge on any atom is -0.349 e. The molecule has 1 N–H and O–H groups in total. The van der Waals surface area contributed by atoms with Gasteiger partial charge in [0.05, 0.1) is 6.04 Å². The highest BCUT2D eigenvalue weighted by Gasteiger charge is 2.21. The maximum Gasteiger partial charge on any atom is 0.220 e. The van der Waals surface area contributed by atoms with Crippen LogP contribution in [0.5, 0.6) is 0 Å². The van der Waals surface area contributed by atoms with E-state index in [-0.39, 0.29) is 18.4 Å². The van der Waals surface area contributed by atoms with Crippen molar-refractivity contribution in [3.8, 4) is 0 Å². The standard InChI is InChI=1S/C19H19F2NO/c20-16-10-8-13(12-17(16)21)9-11-19(23)22-18-7-3-5-14-4-1-2-6-15(14)18/h1-2,4,6,8,10,12,18H,3,5,7,9,11H2,(H,22,23). The molecule has 0 saturated carbocycles. The molecule has 0 saturated heterocycles. The van der Waals surface area contributed by atoms with E-state index in [4.69, 9.17) is 0 Å². The van der Waals surface area contributed by atoms with E-state index in [1.54, 1.807) is 0 Å². The van der Waals surface area contributed by atoms with Gasteiger partial charge in [0.25, 0.3) is 0 Å². The fraction of sp³-hybridized carbons (Fsp3) is 0.316. The van der Waals surface area contributed by atoms with Gasteiger partial charge < -0.3 is 5.32 Å². The molecule has 1 aliphatic carbocycles. The number of hydrogen-bond acceptors (Lipinski definition) is 1. The van der Waals surface area contributed by atoms with E-state index < -0.39 is 11.6 Å². The van der Waals surface area contributed by atoms with E-state index >= 15 is 0 Å². The van der Waals surface area contributed by atoms with Gasteiger partial charge >= 0.3 is 0 Å². The van der Waals surface area contributed by atoms with E-state index in [2.05, 4.69) is 17.4 Å². The van der Waals surface area contributed by atoms with Gasteiger partial charge in [-0.25, -0.2) is 8.78 Å². The topological polar surface area (TPSA) is 29.1 Å². The van der Waals surface area contributed by atoms with Crippen molar-refractivity contribution in [1.82, 2.24) is 5.32 Å². The Bertz CT molecular complexity index is 714. The molecule has 0 aliphatic heterocycles. The summed E-state index contributed by atoms with van der Waals surface area (Å²) < 4.78 is 26.1. The Labute approximate surface area is 134 Å². The Hall–Kier alpha value is -2.23. The minimum atomic E-state index is -0.871. The van der Waals surface area contributed by atoms with Gasteiger partial charge in [0.1, 0.15) is 0 Å². The van der Waals surface area contributed by atoms with Crippen molar-refractivity contribution < 1.29 is 13.6 Å². The zero-order valence-corrected chi connectivity index (χ0v) is 12.8. The highest BCUT2D eigenvalue weighted by Crippen LogP contribution is 2.29. The lowest BCUT2D eigenvalue weighted by Crippen LogP contribution is -2.31. The number of halogens is 2. The number of benzene rings is 2. The van der Waals surface area contributed by atoms with E-state index in [9.17, 15) is 13.6 Å². The summed E-state index contributed by atoms with van der Waals surface area (Å²) in [5.74, 6) is -1.79. The zero-order chi connectivity index (χ0) is 16.2. The third-order valence-corrected chi connectivity index (χ3v) is 4.33. The van der Waals surface area contributed by atoms with E-state index in [0.717, 1.165) is 31.4 Å². The highest BCUT2D eigenvalue weighted by atomic mass is 19.2. The molecule has 2 aromatic rings. The molecule has 0 spiro atoms. The quantitative estimate of drug-likeness (QED) is 0.904. The molecule has 2 aromatic carbocycles. The number of hydrogen-bond donors (Lipinski definition) is 1. The summed E-state index contributed by atoms with van der Waals surface area (Å²) in [5.41, 5.74) is 3.12. The van der Waals surface area contributed by atoms with Crippen LogP contribution < -0.4 is 5.32 Å². The molecule has 1 unspecified atom stereocenters. The Balaban J connectivity index is 1.59. The van der Waals surface area contributed by atoms with Crippen LogP contribution in [0.2, 0.25) is 0 Å². The van der Waals surface area contributed by atoms with Crippen LogP contribution in [0.15, 0.2) is 42.5 Å². The molecule has 4 heteroatoms. The predicted octanol–water partition coefficient (Wildman–Crippen LogP) is 4.09. The zero-order valence-electron chi connectivity index (χ0n) is 12.8. The Kier molecular flexibility index (Phi) is 4.70. The molecular formula is C19H19F2NO. The van der Waals surface area contributed by atoms with Gasteiger partial charge in [0.15, 0.2) is 11.6 Å². The van der Waals surface area contributed by atoms with Gasteiger partial charge in [-0.1, -0.05) is 30.3 Å². The number of fused-ring (bicyclic) bond motifs is 1. The van der Waals surface area contributed by atoms with Crippen molar-refractivity contribution in [3.63, 3.8) is 0 Å². The molecule has 0 heterocycles. The lowest BCUT2D eigenvalue weighted by atomic mass is 9.87. The van der Waals surface area contributed by atoms with Crippen LogP contribution in [0, 0.1) is 11.6 Å². The number of carbonyl (C=O) groups is 1. The largest absolute Gasteiger partial charge is 0.349 e. The number of aryl methyl sites for hydroxylation is 2. The summed E-state index contributed by atoms with van der Waals surface area (Å²) in [5, 5.41) is 3.06. The van der Waals surface area contributed by atoms with Crippen molar-refractivity contribution in [3.05, 3.63) is 70.8 Å². The van der Waals surface area contributed by atoms with Gasteiger partial charge in [0, 0.05) is 6.42 Å². The molecule has 2 nitrogen and oxygen atoms in total. The van der Waals surface area contributed by atoms with Crippen molar-refractivity contribution in [1.29, 1.82) is 0 Å². The molecule has 23 heavy (non-hydrogen) atoms. The monoisotopic (exact) mass is 315 g/mol. The lowest BCUT2D eigenvalue weighted by molar-refractivity contribution is -0.121. The van der Waals surface area contributed by atoms with Gasteiger partial charge in [0.2, 0.25) is 5.91 Å². The number of rotatable bonds is 4. The Morgan fingerprint density at radius 2 is 1.96 bits per heavy atom. The molecule has 1 aliphatic rings. The molecule has 0 aromatic heterocycles. The van der Waals surface area contributed by atoms with E-state index in [1.807, 2.05) is 12.1 Å². The Morgan fingerprint density at radius 1 is 1.13 bits per heavy atom. The van der Waals surface area contributed by atoms with Crippen molar-refractivity contribution in [2.75, 3.05) is 0 Å². The van der Waals surface area contributed by atoms with E-state index in [1.165, 1.54) is 17.2 Å². The summed E-state index contributed by atoms with van der Waals surface area (Å²) in [6.45, 7) is 0. The first kappa shape index (κ1) is 15.7. The third kappa shape index (κ3) is 3.76. The van der Waals surface area contributed by atoms with E-state index in [0.29, 0.717) is 12.0 Å². The first-order valence-corrected chi connectivity index (χ1v) is 7.94. The summed E-state index contributed by atoms with van der Waals surface area (Å²) in [6.07, 6.45) is 3.72. The third-order valence-electron chi connectivity index (χ3n) is 4.33. The van der Waals surface area contributed by atoms with Crippen LogP contribution in [0.25, 0.3) is 0 Å². The summed E-state index contributed by atoms with van der Waals surface area (Å²) in [7, 11) is 0. The number of nitrogens with one attached hydrogen (secondary N) is 1. The SMILES string of the molecule is O=C(CCc1ccc(F)c(F)c1)NC1CCCc2ccccc21. The fourth-order valence-electron chi connectivity index (χ4n) is 3.12. The number of amides is 1. The van der Waals surface area contributed by atoms with Crippen LogP contribution in [-0.2, 0) is 17.6 Å². The van der Waals surface area contributed by atoms with Crippen LogP contribution >= 0.6 is 0 Å². The first-order valence-electron chi connectivity index (χ1n) is 7.94. The molecule has 0 radical (unpaired) electrons. The van der Waals surface area contributed by atoms with Gasteiger partial charge in [-0.15, -0.1) is 0 Å². The van der Waals surface area contributed by atoms with Gasteiger partial charge in [-0.2, -0.15) is 0 Å². The van der Waals surface area contributed by atoms with Crippen molar-refractivity contribution in [2.45, 2.75) is 38.1 Å². The number of carbonyl (C=O) groups excluding carboxylic acids is 1. The minimum absolute atomic E-state index is 0.0532. The lowest BCUT2D eigenvalue weighted by Gasteiger charge is -2.26. The fourth-order valence-corrected chi connectivity index (χ4v) is 3.12. The van der Waals surface area contributed by atoms with Crippen LogP contribution in [0.4, 0.5) is 8.78 Å². The van der Waals surface area contributed by atoms with Gasteiger partial charge in [-0.3, -0.25) is 4.79 Å². The maximum absolute atomic E-state index is 13.2.